The van der Waals surface area contributed by atoms with E-state index in [1.807, 2.05) is 18.2 Å². The summed E-state index contributed by atoms with van der Waals surface area (Å²) in [6, 6.07) is -0.607. The summed E-state index contributed by atoms with van der Waals surface area (Å²) in [6.45, 7) is 1.98. The number of rotatable bonds is 9. The molecule has 0 heterocycles. The monoisotopic (exact) mass is 239 g/mol. The predicted molar refractivity (Wildman–Crippen MR) is 72.6 cm³/mol. The van der Waals surface area contributed by atoms with Gasteiger partial charge in [0.15, 0.2) is 0 Å². The van der Waals surface area contributed by atoms with Crippen LogP contribution in [-0.4, -0.2) is 29.0 Å². The Hall–Kier alpha value is -0.900. The summed E-state index contributed by atoms with van der Waals surface area (Å²) in [5.74, 6) is 0. The van der Waals surface area contributed by atoms with E-state index in [9.17, 15) is 5.11 Å². The van der Waals surface area contributed by atoms with Crippen LogP contribution in [0.1, 0.15) is 32.6 Å². The number of aliphatic hydroxyl groups excluding tert-OH is 2. The van der Waals surface area contributed by atoms with Crippen molar-refractivity contribution in [1.29, 1.82) is 0 Å². The molecule has 0 bridgehead atoms. The van der Waals surface area contributed by atoms with Crippen molar-refractivity contribution in [2.24, 2.45) is 5.73 Å². The molecule has 0 aliphatic carbocycles. The molecular formula is C14H25NO2. The minimum Gasteiger partial charge on any atom is -0.395 e. The average Bonchev–Trinajstić information content (AvgIpc) is 2.35. The highest BCUT2D eigenvalue weighted by molar-refractivity contribution is 5.12. The summed E-state index contributed by atoms with van der Waals surface area (Å²) in [7, 11) is 0. The van der Waals surface area contributed by atoms with Crippen molar-refractivity contribution in [1.82, 2.24) is 0 Å². The normalized spacial score (nSPS) is 16.2. The lowest BCUT2D eigenvalue weighted by atomic mass is 10.1. The lowest BCUT2D eigenvalue weighted by molar-refractivity contribution is 0.144. The SMILES string of the molecule is CCCCC/C=C/C=C/C=C/[C@@H](O)[C@@H](N)CO. The molecule has 0 aliphatic heterocycles. The Morgan fingerprint density at radius 1 is 1.12 bits per heavy atom. The molecule has 0 saturated heterocycles. The maximum absolute atomic E-state index is 9.39. The summed E-state index contributed by atoms with van der Waals surface area (Å²) < 4.78 is 0. The molecule has 98 valence electrons. The van der Waals surface area contributed by atoms with E-state index < -0.39 is 12.1 Å². The van der Waals surface area contributed by atoms with Crippen LogP contribution in [0.25, 0.3) is 0 Å². The second-order valence-corrected chi connectivity index (χ2v) is 4.03. The van der Waals surface area contributed by atoms with Crippen LogP contribution in [0.4, 0.5) is 0 Å². The third kappa shape index (κ3) is 10.00. The Morgan fingerprint density at radius 2 is 1.82 bits per heavy atom. The largest absolute Gasteiger partial charge is 0.395 e. The van der Waals surface area contributed by atoms with Crippen LogP contribution >= 0.6 is 0 Å². The fraction of sp³-hybridized carbons (Fsp3) is 0.571. The summed E-state index contributed by atoms with van der Waals surface area (Å²) in [4.78, 5) is 0. The topological polar surface area (TPSA) is 66.5 Å². The van der Waals surface area contributed by atoms with Gasteiger partial charge in [0.25, 0.3) is 0 Å². The van der Waals surface area contributed by atoms with E-state index in [0.717, 1.165) is 6.42 Å². The highest BCUT2D eigenvalue weighted by Gasteiger charge is 2.08. The molecule has 0 spiro atoms. The molecule has 0 fully saturated rings. The Morgan fingerprint density at radius 3 is 2.47 bits per heavy atom. The first-order valence-corrected chi connectivity index (χ1v) is 6.26. The highest BCUT2D eigenvalue weighted by Crippen LogP contribution is 1.99. The molecule has 3 nitrogen and oxygen atoms in total. The van der Waals surface area contributed by atoms with E-state index in [0.29, 0.717) is 0 Å². The molecule has 17 heavy (non-hydrogen) atoms. The van der Waals surface area contributed by atoms with Gasteiger partial charge in [-0.15, -0.1) is 0 Å². The zero-order valence-electron chi connectivity index (χ0n) is 10.6. The van der Waals surface area contributed by atoms with Gasteiger partial charge in [-0.2, -0.15) is 0 Å². The van der Waals surface area contributed by atoms with Crippen molar-refractivity contribution >= 4 is 0 Å². The molecule has 2 atom stereocenters. The van der Waals surface area contributed by atoms with Crippen LogP contribution in [-0.2, 0) is 0 Å². The van der Waals surface area contributed by atoms with Gasteiger partial charge in [0, 0.05) is 0 Å². The average molecular weight is 239 g/mol. The Labute approximate surface area is 104 Å². The minimum atomic E-state index is -0.793. The summed E-state index contributed by atoms with van der Waals surface area (Å²) in [6.07, 6.45) is 15.3. The maximum Gasteiger partial charge on any atom is 0.0897 e. The Kier molecular flexibility index (Phi) is 11.0. The molecule has 0 aromatic rings. The standard InChI is InChI=1S/C14H25NO2/c1-2-3-4-5-6-7-8-9-10-11-14(17)13(15)12-16/h6-11,13-14,16-17H,2-5,12,15H2,1H3/b7-6+,9-8+,11-10+/t13-,14+/m0/s1. The van der Waals surface area contributed by atoms with Gasteiger partial charge in [-0.25, -0.2) is 0 Å². The van der Waals surface area contributed by atoms with Crippen LogP contribution in [0.2, 0.25) is 0 Å². The van der Waals surface area contributed by atoms with E-state index in [1.54, 1.807) is 12.2 Å². The van der Waals surface area contributed by atoms with E-state index in [-0.39, 0.29) is 6.61 Å². The van der Waals surface area contributed by atoms with Crippen molar-refractivity contribution in [3.8, 4) is 0 Å². The first kappa shape index (κ1) is 16.1. The molecule has 0 aromatic heterocycles. The molecule has 0 saturated carbocycles. The van der Waals surface area contributed by atoms with Gasteiger partial charge < -0.3 is 15.9 Å². The van der Waals surface area contributed by atoms with Gasteiger partial charge >= 0.3 is 0 Å². The molecule has 3 heteroatoms. The summed E-state index contributed by atoms with van der Waals surface area (Å²) in [5.41, 5.74) is 5.44. The van der Waals surface area contributed by atoms with Crippen molar-refractivity contribution < 1.29 is 10.2 Å². The molecule has 4 N–H and O–H groups in total. The van der Waals surface area contributed by atoms with Gasteiger partial charge in [0.05, 0.1) is 18.8 Å². The number of allylic oxidation sites excluding steroid dienone is 5. The fourth-order valence-corrected chi connectivity index (χ4v) is 1.24. The fourth-order valence-electron chi connectivity index (χ4n) is 1.24. The van der Waals surface area contributed by atoms with Gasteiger partial charge in [-0.3, -0.25) is 0 Å². The van der Waals surface area contributed by atoms with Crippen LogP contribution in [0, 0.1) is 0 Å². The molecule has 0 aromatic carbocycles. The number of aliphatic hydroxyl groups is 2. The number of unbranched alkanes of at least 4 members (excludes halogenated alkanes) is 3. The van der Waals surface area contributed by atoms with Gasteiger partial charge in [-0.1, -0.05) is 56.2 Å². The lowest BCUT2D eigenvalue weighted by Gasteiger charge is -2.11. The highest BCUT2D eigenvalue weighted by atomic mass is 16.3. The van der Waals surface area contributed by atoms with Crippen LogP contribution in [0.15, 0.2) is 36.5 Å². The van der Waals surface area contributed by atoms with Crippen molar-refractivity contribution in [2.45, 2.75) is 44.8 Å². The quantitative estimate of drug-likeness (QED) is 0.425. The molecule has 0 amide bonds. The van der Waals surface area contributed by atoms with Crippen molar-refractivity contribution in [2.75, 3.05) is 6.61 Å². The molecule has 0 rings (SSSR count). The summed E-state index contributed by atoms with van der Waals surface area (Å²) >= 11 is 0. The van der Waals surface area contributed by atoms with Gasteiger partial charge in [-0.05, 0) is 12.8 Å². The zero-order valence-corrected chi connectivity index (χ0v) is 10.6. The lowest BCUT2D eigenvalue weighted by Crippen LogP contribution is -2.36. The third-order valence-electron chi connectivity index (χ3n) is 2.40. The first-order valence-electron chi connectivity index (χ1n) is 6.26. The van der Waals surface area contributed by atoms with Gasteiger partial charge in [0.1, 0.15) is 0 Å². The first-order chi connectivity index (χ1) is 8.22. The Balaban J connectivity index is 3.68. The zero-order chi connectivity index (χ0) is 12.9. The number of nitrogens with two attached hydrogens (primary N) is 1. The van der Waals surface area contributed by atoms with E-state index in [4.69, 9.17) is 10.8 Å². The second-order valence-electron chi connectivity index (χ2n) is 4.03. The molecule has 0 radical (unpaired) electrons. The van der Waals surface area contributed by atoms with Crippen LogP contribution < -0.4 is 5.73 Å². The van der Waals surface area contributed by atoms with E-state index >= 15 is 0 Å². The second kappa shape index (κ2) is 11.6. The molecule has 0 aliphatic rings. The maximum atomic E-state index is 9.39. The summed E-state index contributed by atoms with van der Waals surface area (Å²) in [5, 5.41) is 18.1. The minimum absolute atomic E-state index is 0.216. The third-order valence-corrected chi connectivity index (χ3v) is 2.40. The van der Waals surface area contributed by atoms with E-state index in [1.165, 1.54) is 19.3 Å². The molecular weight excluding hydrogens is 214 g/mol. The smallest absolute Gasteiger partial charge is 0.0897 e. The molecule has 0 unspecified atom stereocenters. The predicted octanol–water partition coefficient (Wildman–Crippen LogP) is 1.92. The van der Waals surface area contributed by atoms with Gasteiger partial charge in [0.2, 0.25) is 0 Å². The van der Waals surface area contributed by atoms with Crippen LogP contribution in [0.3, 0.4) is 0 Å². The van der Waals surface area contributed by atoms with Crippen molar-refractivity contribution in [3.63, 3.8) is 0 Å². The number of hydrogen-bond donors (Lipinski definition) is 3. The van der Waals surface area contributed by atoms with E-state index in [2.05, 4.69) is 13.0 Å². The van der Waals surface area contributed by atoms with Crippen LogP contribution in [0.5, 0.6) is 0 Å². The number of hydrogen-bond acceptors (Lipinski definition) is 3. The Bertz CT molecular complexity index is 247. The van der Waals surface area contributed by atoms with Crippen molar-refractivity contribution in [3.05, 3.63) is 36.5 Å².